The van der Waals surface area contributed by atoms with Gasteiger partial charge >= 0.3 is 0 Å². The highest BCUT2D eigenvalue weighted by Crippen LogP contribution is 2.32. The molecule has 0 aliphatic heterocycles. The van der Waals surface area contributed by atoms with Crippen molar-refractivity contribution < 1.29 is 18.3 Å². The summed E-state index contributed by atoms with van der Waals surface area (Å²) in [5.41, 5.74) is 0. The Morgan fingerprint density at radius 1 is 1.04 bits per heavy atom. The van der Waals surface area contributed by atoms with Crippen LogP contribution in [0.5, 0.6) is 11.5 Å². The molecule has 24 heavy (non-hydrogen) atoms. The number of unbranched alkanes of at least 4 members (excludes halogenated alkanes) is 1. The van der Waals surface area contributed by atoms with Gasteiger partial charge in [-0.2, -0.15) is 8.78 Å². The van der Waals surface area contributed by atoms with Gasteiger partial charge in [-0.15, -0.1) is 0 Å². The Labute approximate surface area is 143 Å². The Hall–Kier alpha value is -1.58. The van der Waals surface area contributed by atoms with Crippen molar-refractivity contribution in [3.05, 3.63) is 35.9 Å². The first-order valence-electron chi connectivity index (χ1n) is 9.02. The molecule has 1 fully saturated rings. The van der Waals surface area contributed by atoms with Crippen LogP contribution >= 0.6 is 0 Å². The smallest absolute Gasteiger partial charge is 0.204 e. The number of halogens is 2. The Balaban J connectivity index is 1.86. The van der Waals surface area contributed by atoms with Crippen LogP contribution < -0.4 is 9.47 Å². The fourth-order valence-corrected chi connectivity index (χ4v) is 3.09. The van der Waals surface area contributed by atoms with Gasteiger partial charge in [-0.05, 0) is 63.0 Å². The van der Waals surface area contributed by atoms with Gasteiger partial charge in [0.05, 0.1) is 13.2 Å². The summed E-state index contributed by atoms with van der Waals surface area (Å²) in [4.78, 5) is 0. The molecule has 1 aliphatic rings. The van der Waals surface area contributed by atoms with Crippen LogP contribution in [0.3, 0.4) is 0 Å². The van der Waals surface area contributed by atoms with E-state index in [4.69, 9.17) is 9.47 Å². The normalized spacial score (nSPS) is 21.2. The lowest BCUT2D eigenvalue weighted by Gasteiger charge is -2.26. The van der Waals surface area contributed by atoms with Gasteiger partial charge in [0.15, 0.2) is 11.5 Å². The quantitative estimate of drug-likeness (QED) is 0.434. The first-order valence-corrected chi connectivity index (χ1v) is 9.02. The lowest BCUT2D eigenvalue weighted by Crippen LogP contribution is -2.19. The van der Waals surface area contributed by atoms with Gasteiger partial charge in [0.1, 0.15) is 0 Å². The number of benzene rings is 1. The molecular weight excluding hydrogens is 310 g/mol. The van der Waals surface area contributed by atoms with Crippen molar-refractivity contribution in [1.29, 1.82) is 0 Å². The van der Waals surface area contributed by atoms with Gasteiger partial charge < -0.3 is 9.47 Å². The fourth-order valence-electron chi connectivity index (χ4n) is 3.09. The lowest BCUT2D eigenvalue weighted by molar-refractivity contribution is 0.187. The molecule has 2 rings (SSSR count). The third kappa shape index (κ3) is 5.22. The molecular formula is C20H28F2O2. The Kier molecular flexibility index (Phi) is 7.54. The average molecular weight is 338 g/mol. The van der Waals surface area contributed by atoms with Crippen LogP contribution in [0.25, 0.3) is 0 Å². The number of allylic oxidation sites excluding steroid dienone is 2. The van der Waals surface area contributed by atoms with Crippen LogP contribution in [-0.2, 0) is 0 Å². The molecule has 0 saturated heterocycles. The molecule has 134 valence electrons. The van der Waals surface area contributed by atoms with Crippen LogP contribution in [0, 0.1) is 23.5 Å². The van der Waals surface area contributed by atoms with E-state index in [0.717, 1.165) is 38.5 Å². The zero-order valence-corrected chi connectivity index (χ0v) is 14.7. The van der Waals surface area contributed by atoms with Crippen molar-refractivity contribution in [2.75, 3.05) is 13.2 Å². The van der Waals surface area contributed by atoms with Crippen molar-refractivity contribution in [3.8, 4) is 11.5 Å². The molecule has 0 spiro atoms. The largest absolute Gasteiger partial charge is 0.490 e. The van der Waals surface area contributed by atoms with Gasteiger partial charge in [-0.3, -0.25) is 0 Å². The molecule has 0 radical (unpaired) electrons. The minimum Gasteiger partial charge on any atom is -0.490 e. The highest BCUT2D eigenvalue weighted by atomic mass is 19.2. The molecule has 0 atom stereocenters. The van der Waals surface area contributed by atoms with Gasteiger partial charge in [0.25, 0.3) is 0 Å². The summed E-state index contributed by atoms with van der Waals surface area (Å²) in [6.45, 7) is 4.89. The molecule has 1 aromatic rings. The first-order chi connectivity index (χ1) is 11.7. The van der Waals surface area contributed by atoms with Crippen LogP contribution in [-0.4, -0.2) is 13.2 Å². The third-order valence-electron chi connectivity index (χ3n) is 4.60. The fraction of sp³-hybridized carbons (Fsp3) is 0.600. The van der Waals surface area contributed by atoms with Gasteiger partial charge in [0, 0.05) is 0 Å². The van der Waals surface area contributed by atoms with Crippen molar-refractivity contribution in [2.45, 2.75) is 52.4 Å². The maximum absolute atomic E-state index is 14.1. The number of hydrogen-bond donors (Lipinski definition) is 0. The molecule has 1 saturated carbocycles. The molecule has 4 heteroatoms. The SMILES string of the molecule is CC=CC1CCC(COc2ccc(OCCCC)c(F)c2F)CC1. The number of hydrogen-bond acceptors (Lipinski definition) is 2. The van der Waals surface area contributed by atoms with Crippen molar-refractivity contribution in [3.63, 3.8) is 0 Å². The summed E-state index contributed by atoms with van der Waals surface area (Å²) in [7, 11) is 0. The summed E-state index contributed by atoms with van der Waals surface area (Å²) in [5.74, 6) is -0.910. The van der Waals surface area contributed by atoms with E-state index in [2.05, 4.69) is 12.2 Å². The highest BCUT2D eigenvalue weighted by Gasteiger charge is 2.21. The van der Waals surface area contributed by atoms with Crippen molar-refractivity contribution in [1.82, 2.24) is 0 Å². The molecule has 2 nitrogen and oxygen atoms in total. The van der Waals surface area contributed by atoms with E-state index in [1.54, 1.807) is 0 Å². The van der Waals surface area contributed by atoms with Crippen LogP contribution in [0.4, 0.5) is 8.78 Å². The van der Waals surface area contributed by atoms with E-state index in [9.17, 15) is 8.78 Å². The number of rotatable bonds is 8. The predicted octanol–water partition coefficient (Wildman–Crippen LogP) is 5.91. The minimum atomic E-state index is -0.958. The second kappa shape index (κ2) is 9.65. The van der Waals surface area contributed by atoms with Crippen LogP contribution in [0.2, 0.25) is 0 Å². The van der Waals surface area contributed by atoms with Gasteiger partial charge in [0.2, 0.25) is 11.6 Å². The maximum Gasteiger partial charge on any atom is 0.204 e. The second-order valence-corrected chi connectivity index (χ2v) is 6.51. The first kappa shape index (κ1) is 18.8. The molecule has 0 bridgehead atoms. The average Bonchev–Trinajstić information content (AvgIpc) is 2.60. The van der Waals surface area contributed by atoms with E-state index in [0.29, 0.717) is 25.0 Å². The zero-order valence-electron chi connectivity index (χ0n) is 14.7. The van der Waals surface area contributed by atoms with Crippen LogP contribution in [0.1, 0.15) is 52.4 Å². The summed E-state index contributed by atoms with van der Waals surface area (Å²) < 4.78 is 38.9. The van der Waals surface area contributed by atoms with E-state index in [1.165, 1.54) is 12.1 Å². The molecule has 1 aromatic carbocycles. The molecule has 0 aromatic heterocycles. The molecule has 0 amide bonds. The summed E-state index contributed by atoms with van der Waals surface area (Å²) in [6.07, 6.45) is 10.5. The van der Waals surface area contributed by atoms with E-state index in [1.807, 2.05) is 13.8 Å². The van der Waals surface area contributed by atoms with E-state index >= 15 is 0 Å². The summed E-state index contributed by atoms with van der Waals surface area (Å²) in [5, 5.41) is 0. The standard InChI is InChI=1S/C20H28F2O2/c1-3-5-13-23-17-11-12-18(20(22)19(17)21)24-14-16-9-7-15(6-4-2)8-10-16/h4,6,11-12,15-16H,3,5,7-10,13-14H2,1-2H3. The highest BCUT2D eigenvalue weighted by molar-refractivity contribution is 5.35. The lowest BCUT2D eigenvalue weighted by atomic mass is 9.82. The zero-order chi connectivity index (χ0) is 17.4. The summed E-state index contributed by atoms with van der Waals surface area (Å²) in [6, 6.07) is 2.91. The van der Waals surface area contributed by atoms with Gasteiger partial charge in [-0.1, -0.05) is 25.5 Å². The third-order valence-corrected chi connectivity index (χ3v) is 4.60. The van der Waals surface area contributed by atoms with Crippen molar-refractivity contribution >= 4 is 0 Å². The van der Waals surface area contributed by atoms with E-state index in [-0.39, 0.29) is 11.5 Å². The topological polar surface area (TPSA) is 18.5 Å². The monoisotopic (exact) mass is 338 g/mol. The molecule has 1 aliphatic carbocycles. The molecule has 0 heterocycles. The maximum atomic E-state index is 14.1. The molecule has 0 N–H and O–H groups in total. The van der Waals surface area contributed by atoms with Crippen molar-refractivity contribution in [2.24, 2.45) is 11.8 Å². The van der Waals surface area contributed by atoms with Gasteiger partial charge in [-0.25, -0.2) is 0 Å². The molecule has 0 unspecified atom stereocenters. The van der Waals surface area contributed by atoms with Crippen LogP contribution in [0.15, 0.2) is 24.3 Å². The number of ether oxygens (including phenoxy) is 2. The predicted molar refractivity (Wildman–Crippen MR) is 92.5 cm³/mol. The second-order valence-electron chi connectivity index (χ2n) is 6.51. The van der Waals surface area contributed by atoms with E-state index < -0.39 is 11.6 Å². The Morgan fingerprint density at radius 2 is 1.67 bits per heavy atom. The Bertz CT molecular complexity index is 535. The minimum absolute atomic E-state index is 0.0223. The summed E-state index contributed by atoms with van der Waals surface area (Å²) >= 11 is 0. The Morgan fingerprint density at radius 3 is 2.25 bits per heavy atom.